The SMILES string of the molecule is C=CC(=C)\C=N/C(C=C)=C(/C=C\C)C/C=C\C. The largest absolute Gasteiger partial charge is 0.256 e. The minimum absolute atomic E-state index is 0.787. The Bertz CT molecular complexity index is 390. The van der Waals surface area contributed by atoms with Gasteiger partial charge in [0.15, 0.2) is 0 Å². The lowest BCUT2D eigenvalue weighted by atomic mass is 10.1. The number of aliphatic imine (C=N–C) groups is 1. The third kappa shape index (κ3) is 6.31. The molecule has 0 unspecified atom stereocenters. The second kappa shape index (κ2) is 9.34. The molecule has 0 amide bonds. The third-order valence-corrected chi connectivity index (χ3v) is 2.10. The van der Waals surface area contributed by atoms with Gasteiger partial charge in [-0.1, -0.05) is 50.1 Å². The van der Waals surface area contributed by atoms with E-state index in [0.29, 0.717) is 0 Å². The highest BCUT2D eigenvalue weighted by Gasteiger charge is 1.97. The van der Waals surface area contributed by atoms with E-state index in [0.717, 1.165) is 23.3 Å². The van der Waals surface area contributed by atoms with Crippen LogP contribution < -0.4 is 0 Å². The van der Waals surface area contributed by atoms with Gasteiger partial charge in [-0.05, 0) is 37.5 Å². The van der Waals surface area contributed by atoms with Gasteiger partial charge in [-0.15, -0.1) is 0 Å². The van der Waals surface area contributed by atoms with Gasteiger partial charge in [-0.25, -0.2) is 0 Å². The molecule has 0 N–H and O–H groups in total. The van der Waals surface area contributed by atoms with Crippen molar-refractivity contribution in [3.05, 3.63) is 73.0 Å². The highest BCUT2D eigenvalue weighted by Crippen LogP contribution is 2.14. The van der Waals surface area contributed by atoms with E-state index in [1.165, 1.54) is 0 Å². The van der Waals surface area contributed by atoms with E-state index >= 15 is 0 Å². The number of rotatable bonds is 7. The summed E-state index contributed by atoms with van der Waals surface area (Å²) in [6.45, 7) is 15.2. The summed E-state index contributed by atoms with van der Waals surface area (Å²) < 4.78 is 0. The van der Waals surface area contributed by atoms with Crippen LogP contribution in [0, 0.1) is 0 Å². The van der Waals surface area contributed by atoms with Crippen molar-refractivity contribution in [2.24, 2.45) is 4.99 Å². The van der Waals surface area contributed by atoms with Crippen molar-refractivity contribution in [1.82, 2.24) is 0 Å². The second-order valence-electron chi connectivity index (χ2n) is 3.43. The Morgan fingerprint density at radius 1 is 1.12 bits per heavy atom. The fourth-order valence-corrected chi connectivity index (χ4v) is 1.18. The minimum atomic E-state index is 0.787. The van der Waals surface area contributed by atoms with E-state index in [9.17, 15) is 0 Å². The third-order valence-electron chi connectivity index (χ3n) is 2.10. The molecule has 90 valence electrons. The Morgan fingerprint density at radius 2 is 1.82 bits per heavy atom. The average Bonchev–Trinajstić information content (AvgIpc) is 2.35. The number of hydrogen-bond donors (Lipinski definition) is 0. The molecule has 0 rings (SSSR count). The van der Waals surface area contributed by atoms with Crippen LogP contribution in [0.3, 0.4) is 0 Å². The van der Waals surface area contributed by atoms with Crippen LogP contribution in [0.2, 0.25) is 0 Å². The van der Waals surface area contributed by atoms with Gasteiger partial charge in [0.25, 0.3) is 0 Å². The van der Waals surface area contributed by atoms with Gasteiger partial charge in [-0.3, -0.25) is 4.99 Å². The zero-order valence-electron chi connectivity index (χ0n) is 10.8. The van der Waals surface area contributed by atoms with Crippen LogP contribution in [0.5, 0.6) is 0 Å². The molecule has 0 aromatic rings. The summed E-state index contributed by atoms with van der Waals surface area (Å²) in [5.41, 5.74) is 2.79. The Balaban J connectivity index is 5.19. The molecule has 0 heterocycles. The van der Waals surface area contributed by atoms with E-state index in [1.54, 1.807) is 18.4 Å². The van der Waals surface area contributed by atoms with E-state index in [4.69, 9.17) is 0 Å². The number of nitrogens with zero attached hydrogens (tertiary/aromatic N) is 1. The Labute approximate surface area is 105 Å². The first kappa shape index (κ1) is 15.1. The van der Waals surface area contributed by atoms with E-state index in [2.05, 4.69) is 30.8 Å². The molecule has 0 aromatic carbocycles. The average molecular weight is 227 g/mol. The first-order chi connectivity index (χ1) is 8.19. The van der Waals surface area contributed by atoms with Gasteiger partial charge >= 0.3 is 0 Å². The van der Waals surface area contributed by atoms with E-state index < -0.39 is 0 Å². The summed E-state index contributed by atoms with van der Waals surface area (Å²) >= 11 is 0. The molecule has 0 aliphatic heterocycles. The topological polar surface area (TPSA) is 12.4 Å². The molecule has 0 saturated heterocycles. The highest BCUT2D eigenvalue weighted by molar-refractivity contribution is 5.82. The fraction of sp³-hybridized carbons (Fsp3) is 0.188. The maximum Gasteiger partial charge on any atom is 0.0658 e. The van der Waals surface area contributed by atoms with Crippen LogP contribution in [0.1, 0.15) is 20.3 Å². The lowest BCUT2D eigenvalue weighted by molar-refractivity contribution is 1.20. The zero-order chi connectivity index (χ0) is 13.1. The maximum atomic E-state index is 4.37. The maximum absolute atomic E-state index is 4.37. The summed E-state index contributed by atoms with van der Waals surface area (Å²) in [6, 6.07) is 0. The summed E-state index contributed by atoms with van der Waals surface area (Å²) in [5.74, 6) is 0. The van der Waals surface area contributed by atoms with Crippen molar-refractivity contribution < 1.29 is 0 Å². The van der Waals surface area contributed by atoms with Crippen molar-refractivity contribution in [1.29, 1.82) is 0 Å². The van der Waals surface area contributed by atoms with Crippen LogP contribution >= 0.6 is 0 Å². The van der Waals surface area contributed by atoms with Gasteiger partial charge in [0, 0.05) is 6.21 Å². The van der Waals surface area contributed by atoms with Crippen molar-refractivity contribution >= 4 is 6.21 Å². The molecule has 0 fully saturated rings. The van der Waals surface area contributed by atoms with Gasteiger partial charge < -0.3 is 0 Å². The quantitative estimate of drug-likeness (QED) is 0.337. The monoisotopic (exact) mass is 227 g/mol. The Hall–Kier alpha value is -1.89. The fourth-order valence-electron chi connectivity index (χ4n) is 1.18. The standard InChI is InChI=1S/C16H21N/c1-6-10-12-15(11-7-2)16(9-4)17-13-14(5)8-3/h6-11,13H,3-5,12H2,1-2H3/b10-6-,11-7-,16-15-,17-13-. The van der Waals surface area contributed by atoms with Crippen molar-refractivity contribution in [2.75, 3.05) is 0 Å². The first-order valence-corrected chi connectivity index (χ1v) is 5.64. The predicted molar refractivity (Wildman–Crippen MR) is 79.3 cm³/mol. The first-order valence-electron chi connectivity index (χ1n) is 5.64. The van der Waals surface area contributed by atoms with Crippen LogP contribution in [0.15, 0.2) is 78.0 Å². The van der Waals surface area contributed by atoms with Gasteiger partial charge in [0.1, 0.15) is 0 Å². The van der Waals surface area contributed by atoms with Crippen molar-refractivity contribution in [2.45, 2.75) is 20.3 Å². The van der Waals surface area contributed by atoms with Crippen molar-refractivity contribution in [3.63, 3.8) is 0 Å². The summed E-state index contributed by atoms with van der Waals surface area (Å²) in [7, 11) is 0. The molecular weight excluding hydrogens is 206 g/mol. The number of hydrogen-bond acceptors (Lipinski definition) is 1. The molecule has 0 atom stereocenters. The number of allylic oxidation sites excluding steroid dienone is 8. The molecule has 0 radical (unpaired) electrons. The molecule has 17 heavy (non-hydrogen) atoms. The summed E-state index contributed by atoms with van der Waals surface area (Å²) in [4.78, 5) is 4.37. The molecule has 1 nitrogen and oxygen atoms in total. The summed E-state index contributed by atoms with van der Waals surface area (Å²) in [6.07, 6.45) is 14.1. The summed E-state index contributed by atoms with van der Waals surface area (Å²) in [5, 5.41) is 0. The molecule has 0 aliphatic carbocycles. The normalized spacial score (nSPS) is 13.3. The molecule has 0 spiro atoms. The van der Waals surface area contributed by atoms with Crippen molar-refractivity contribution in [3.8, 4) is 0 Å². The lowest BCUT2D eigenvalue weighted by Gasteiger charge is -2.02. The Kier molecular flexibility index (Phi) is 8.31. The molecule has 0 aromatic heterocycles. The zero-order valence-corrected chi connectivity index (χ0v) is 10.8. The molecule has 0 saturated carbocycles. The molecule has 0 aliphatic rings. The molecular formula is C16H21N. The second-order valence-corrected chi connectivity index (χ2v) is 3.43. The van der Waals surface area contributed by atoms with E-state index in [-0.39, 0.29) is 0 Å². The van der Waals surface area contributed by atoms with E-state index in [1.807, 2.05) is 32.1 Å². The Morgan fingerprint density at radius 3 is 2.29 bits per heavy atom. The van der Waals surface area contributed by atoms with Crippen LogP contribution in [-0.2, 0) is 0 Å². The molecule has 1 heteroatoms. The highest BCUT2D eigenvalue weighted by atomic mass is 14.7. The van der Waals surface area contributed by atoms with Gasteiger partial charge in [-0.2, -0.15) is 0 Å². The van der Waals surface area contributed by atoms with Gasteiger partial charge in [0.05, 0.1) is 5.70 Å². The molecule has 0 bridgehead atoms. The lowest BCUT2D eigenvalue weighted by Crippen LogP contribution is -1.85. The minimum Gasteiger partial charge on any atom is -0.256 e. The van der Waals surface area contributed by atoms with Gasteiger partial charge in [0.2, 0.25) is 0 Å². The predicted octanol–water partition coefficient (Wildman–Crippen LogP) is 4.78. The van der Waals surface area contributed by atoms with Crippen LogP contribution in [0.4, 0.5) is 0 Å². The van der Waals surface area contributed by atoms with Crippen LogP contribution in [0.25, 0.3) is 0 Å². The smallest absolute Gasteiger partial charge is 0.0658 e. The van der Waals surface area contributed by atoms with Crippen LogP contribution in [-0.4, -0.2) is 6.21 Å².